The van der Waals surface area contributed by atoms with E-state index in [4.69, 9.17) is 9.68 Å². The number of nitrogens with zero attached hydrogens (tertiary/aromatic N) is 1. The predicted octanol–water partition coefficient (Wildman–Crippen LogP) is 2.87. The Morgan fingerprint density at radius 1 is 1.58 bits per heavy atom. The average molecular weight is 272 g/mol. The number of furan rings is 1. The number of hydrogen-bond acceptors (Lipinski definition) is 4. The Kier molecular flexibility index (Phi) is 4.16. The zero-order valence-electron chi connectivity index (χ0n) is 10.3. The minimum absolute atomic E-state index is 0.0945. The van der Waals surface area contributed by atoms with Gasteiger partial charge in [0.05, 0.1) is 12.8 Å². The number of aryl methyl sites for hydroxylation is 1. The number of carbonyl (C=O) groups is 1. The first kappa shape index (κ1) is 13.1. The maximum atomic E-state index is 11.9. The largest absolute Gasteiger partial charge is 0.467 e. The van der Waals surface area contributed by atoms with Crippen LogP contribution in [0.2, 0.25) is 0 Å². The standard InChI is InChI=1S/C14H12N2O2S/c1-10-4-6-19-13(10)7-11(8-15)14(17)16-9-12-3-2-5-18-12/h2-7H,9H2,1H3,(H,16,17). The van der Waals surface area contributed by atoms with Crippen LogP contribution in [0, 0.1) is 18.3 Å². The van der Waals surface area contributed by atoms with Gasteiger partial charge in [0.15, 0.2) is 0 Å². The molecule has 0 atom stereocenters. The highest BCUT2D eigenvalue weighted by atomic mass is 32.1. The number of amides is 1. The highest BCUT2D eigenvalue weighted by Crippen LogP contribution is 2.19. The van der Waals surface area contributed by atoms with Crippen molar-refractivity contribution in [2.24, 2.45) is 0 Å². The van der Waals surface area contributed by atoms with Crippen molar-refractivity contribution < 1.29 is 9.21 Å². The van der Waals surface area contributed by atoms with E-state index in [1.165, 1.54) is 17.6 Å². The molecule has 0 aromatic carbocycles. The molecular weight excluding hydrogens is 260 g/mol. The zero-order chi connectivity index (χ0) is 13.7. The van der Waals surface area contributed by atoms with Gasteiger partial charge in [-0.2, -0.15) is 5.26 Å². The van der Waals surface area contributed by atoms with Crippen LogP contribution in [0.3, 0.4) is 0 Å². The molecule has 0 bridgehead atoms. The van der Waals surface area contributed by atoms with Crippen LogP contribution in [-0.2, 0) is 11.3 Å². The molecule has 0 spiro atoms. The first-order chi connectivity index (χ1) is 9.20. The summed E-state index contributed by atoms with van der Waals surface area (Å²) < 4.78 is 5.11. The lowest BCUT2D eigenvalue weighted by molar-refractivity contribution is -0.117. The summed E-state index contributed by atoms with van der Waals surface area (Å²) in [6.45, 7) is 2.21. The van der Waals surface area contributed by atoms with Gasteiger partial charge in [-0.3, -0.25) is 4.79 Å². The molecule has 2 aromatic rings. The molecule has 1 N–H and O–H groups in total. The highest BCUT2D eigenvalue weighted by molar-refractivity contribution is 7.11. The van der Waals surface area contributed by atoms with E-state index >= 15 is 0 Å². The smallest absolute Gasteiger partial charge is 0.262 e. The Balaban J connectivity index is 2.06. The normalized spacial score (nSPS) is 11.1. The number of thiophene rings is 1. The van der Waals surface area contributed by atoms with E-state index in [-0.39, 0.29) is 12.1 Å². The fourth-order valence-corrected chi connectivity index (χ4v) is 2.35. The summed E-state index contributed by atoms with van der Waals surface area (Å²) in [6.07, 6.45) is 3.15. The lowest BCUT2D eigenvalue weighted by atomic mass is 10.2. The van der Waals surface area contributed by atoms with Crippen LogP contribution >= 0.6 is 11.3 Å². The van der Waals surface area contributed by atoms with Crippen LogP contribution in [0.4, 0.5) is 0 Å². The Morgan fingerprint density at radius 2 is 2.42 bits per heavy atom. The van der Waals surface area contributed by atoms with Crippen molar-refractivity contribution in [3.05, 3.63) is 51.6 Å². The van der Waals surface area contributed by atoms with Gasteiger partial charge in [0.1, 0.15) is 17.4 Å². The lowest BCUT2D eigenvalue weighted by Crippen LogP contribution is -2.23. The number of nitriles is 1. The SMILES string of the molecule is Cc1ccsc1C=C(C#N)C(=O)NCc1ccco1. The fourth-order valence-electron chi connectivity index (χ4n) is 1.49. The summed E-state index contributed by atoms with van der Waals surface area (Å²) >= 11 is 1.50. The maximum Gasteiger partial charge on any atom is 0.262 e. The van der Waals surface area contributed by atoms with Gasteiger partial charge < -0.3 is 9.73 Å². The fraction of sp³-hybridized carbons (Fsp3) is 0.143. The van der Waals surface area contributed by atoms with Crippen LogP contribution in [0.1, 0.15) is 16.2 Å². The Labute approximate surface area is 115 Å². The molecule has 2 rings (SSSR count). The Morgan fingerprint density at radius 3 is 3.00 bits per heavy atom. The van der Waals surface area contributed by atoms with Gasteiger partial charge in [0, 0.05) is 4.88 Å². The van der Waals surface area contributed by atoms with Gasteiger partial charge in [-0.15, -0.1) is 11.3 Å². The van der Waals surface area contributed by atoms with Crippen molar-refractivity contribution in [1.82, 2.24) is 5.32 Å². The van der Waals surface area contributed by atoms with Crippen LogP contribution in [0.5, 0.6) is 0 Å². The molecule has 0 fully saturated rings. The summed E-state index contributed by atoms with van der Waals surface area (Å²) in [5.41, 5.74) is 1.15. The molecule has 96 valence electrons. The summed E-state index contributed by atoms with van der Waals surface area (Å²) in [5, 5.41) is 13.6. The quantitative estimate of drug-likeness (QED) is 0.687. The van der Waals surface area contributed by atoms with E-state index in [0.717, 1.165) is 10.4 Å². The molecule has 0 saturated heterocycles. The molecule has 0 radical (unpaired) electrons. The maximum absolute atomic E-state index is 11.9. The first-order valence-electron chi connectivity index (χ1n) is 5.67. The van der Waals surface area contributed by atoms with Gasteiger partial charge in [0.25, 0.3) is 5.91 Å². The number of carbonyl (C=O) groups excluding carboxylic acids is 1. The van der Waals surface area contributed by atoms with Gasteiger partial charge in [-0.25, -0.2) is 0 Å². The molecule has 0 aliphatic heterocycles. The third-order valence-corrected chi connectivity index (χ3v) is 3.51. The second-order valence-corrected chi connectivity index (χ2v) is 4.85. The second-order valence-electron chi connectivity index (χ2n) is 3.90. The van der Waals surface area contributed by atoms with Crippen LogP contribution in [0.15, 0.2) is 39.8 Å². The average Bonchev–Trinajstić information content (AvgIpc) is 3.05. The lowest BCUT2D eigenvalue weighted by Gasteiger charge is -2.01. The van der Waals surface area contributed by atoms with Crippen molar-refractivity contribution in [1.29, 1.82) is 5.26 Å². The van der Waals surface area contributed by atoms with E-state index in [9.17, 15) is 4.79 Å². The monoisotopic (exact) mass is 272 g/mol. The van der Waals surface area contributed by atoms with Gasteiger partial charge in [0.2, 0.25) is 0 Å². The molecule has 2 heterocycles. The molecule has 0 unspecified atom stereocenters. The first-order valence-corrected chi connectivity index (χ1v) is 6.55. The van der Waals surface area contributed by atoms with E-state index in [2.05, 4.69) is 5.32 Å². The van der Waals surface area contributed by atoms with E-state index in [1.807, 2.05) is 24.4 Å². The molecule has 0 saturated carbocycles. The summed E-state index contributed by atoms with van der Waals surface area (Å²) in [5.74, 6) is 0.254. The third kappa shape index (κ3) is 3.33. The van der Waals surface area contributed by atoms with Crippen molar-refractivity contribution in [3.63, 3.8) is 0 Å². The topological polar surface area (TPSA) is 66.0 Å². The molecule has 0 aliphatic rings. The second kappa shape index (κ2) is 6.03. The summed E-state index contributed by atoms with van der Waals surface area (Å²) in [6, 6.07) is 7.38. The van der Waals surface area contributed by atoms with Crippen molar-refractivity contribution in [2.45, 2.75) is 13.5 Å². The summed E-state index contributed by atoms with van der Waals surface area (Å²) in [4.78, 5) is 12.8. The minimum atomic E-state index is -0.397. The zero-order valence-corrected chi connectivity index (χ0v) is 11.2. The highest BCUT2D eigenvalue weighted by Gasteiger charge is 2.10. The molecule has 1 amide bonds. The van der Waals surface area contributed by atoms with Crippen molar-refractivity contribution in [2.75, 3.05) is 0 Å². The third-order valence-electron chi connectivity index (χ3n) is 2.55. The molecular formula is C14H12N2O2S. The predicted molar refractivity (Wildman–Crippen MR) is 73.2 cm³/mol. The number of nitrogens with one attached hydrogen (secondary N) is 1. The van der Waals surface area contributed by atoms with Gasteiger partial charge in [-0.1, -0.05) is 0 Å². The molecule has 0 aliphatic carbocycles. The van der Waals surface area contributed by atoms with Crippen LogP contribution in [-0.4, -0.2) is 5.91 Å². The minimum Gasteiger partial charge on any atom is -0.467 e. The van der Waals surface area contributed by atoms with E-state index in [1.54, 1.807) is 18.2 Å². The molecule has 4 nitrogen and oxygen atoms in total. The van der Waals surface area contributed by atoms with E-state index < -0.39 is 5.91 Å². The van der Waals surface area contributed by atoms with Crippen LogP contribution < -0.4 is 5.32 Å². The van der Waals surface area contributed by atoms with Gasteiger partial charge in [-0.05, 0) is 42.1 Å². The van der Waals surface area contributed by atoms with E-state index in [0.29, 0.717) is 5.76 Å². The Bertz CT molecular complexity index is 633. The Hall–Kier alpha value is -2.32. The molecule has 5 heteroatoms. The molecule has 19 heavy (non-hydrogen) atoms. The molecule has 2 aromatic heterocycles. The number of hydrogen-bond donors (Lipinski definition) is 1. The number of rotatable bonds is 4. The summed E-state index contributed by atoms with van der Waals surface area (Å²) in [7, 11) is 0. The van der Waals surface area contributed by atoms with Crippen LogP contribution in [0.25, 0.3) is 6.08 Å². The van der Waals surface area contributed by atoms with Gasteiger partial charge >= 0.3 is 0 Å². The van der Waals surface area contributed by atoms with Crippen molar-refractivity contribution >= 4 is 23.3 Å². The van der Waals surface area contributed by atoms with Crippen molar-refractivity contribution in [3.8, 4) is 6.07 Å².